The highest BCUT2D eigenvalue weighted by Gasteiger charge is 2.30. The molecule has 0 amide bonds. The Hall–Kier alpha value is -3.95. The molecule has 1 aliphatic rings. The molecule has 1 atom stereocenters. The number of pyridine rings is 1. The summed E-state index contributed by atoms with van der Waals surface area (Å²) in [5.41, 5.74) is 3.19. The van der Waals surface area contributed by atoms with E-state index in [-0.39, 0.29) is 18.4 Å². The van der Waals surface area contributed by atoms with Crippen LogP contribution in [0.2, 0.25) is 0 Å². The maximum Gasteiger partial charge on any atom is 0.416 e. The number of fused-ring (bicyclic) bond motifs is 1. The van der Waals surface area contributed by atoms with E-state index in [9.17, 15) is 23.1 Å². The average Bonchev–Trinajstić information content (AvgIpc) is 3.16. The number of aromatic nitrogens is 4. The molecule has 37 heavy (non-hydrogen) atoms. The van der Waals surface area contributed by atoms with Gasteiger partial charge >= 0.3 is 12.1 Å². The number of carboxylic acids is 1. The first kappa shape index (κ1) is 24.7. The van der Waals surface area contributed by atoms with E-state index >= 15 is 0 Å². The summed E-state index contributed by atoms with van der Waals surface area (Å²) in [6, 6.07) is 10.6. The molecule has 10 heteroatoms. The van der Waals surface area contributed by atoms with E-state index in [0.717, 1.165) is 37.0 Å². The molecule has 0 saturated heterocycles. The zero-order valence-corrected chi connectivity index (χ0v) is 20.4. The SMILES string of the molecule is Cc1ccnc(-c2cc3nc(C(=O)O)nc(NC(C)C4CCC4)c3n2Cc2ccc(C(F)(F)F)cc2)c1. The molecule has 1 saturated carbocycles. The van der Waals surface area contributed by atoms with E-state index < -0.39 is 17.7 Å². The summed E-state index contributed by atoms with van der Waals surface area (Å²) >= 11 is 0. The molecule has 4 aromatic rings. The molecule has 5 rings (SSSR count). The van der Waals surface area contributed by atoms with Crippen molar-refractivity contribution in [2.75, 3.05) is 5.32 Å². The van der Waals surface area contributed by atoms with Crippen molar-refractivity contribution in [1.82, 2.24) is 19.5 Å². The second kappa shape index (κ2) is 9.49. The fourth-order valence-corrected chi connectivity index (χ4v) is 4.67. The molecule has 1 aliphatic carbocycles. The maximum atomic E-state index is 13.1. The van der Waals surface area contributed by atoms with Crippen molar-refractivity contribution in [2.45, 2.75) is 51.9 Å². The predicted molar refractivity (Wildman–Crippen MR) is 133 cm³/mol. The lowest BCUT2D eigenvalue weighted by Gasteiger charge is -2.32. The first-order valence-electron chi connectivity index (χ1n) is 12.1. The van der Waals surface area contributed by atoms with Crippen LogP contribution in [0.15, 0.2) is 48.7 Å². The van der Waals surface area contributed by atoms with Gasteiger partial charge in [-0.2, -0.15) is 13.2 Å². The van der Waals surface area contributed by atoms with E-state index in [0.29, 0.717) is 39.7 Å². The highest BCUT2D eigenvalue weighted by molar-refractivity contribution is 5.95. The fourth-order valence-electron chi connectivity index (χ4n) is 4.67. The van der Waals surface area contributed by atoms with Gasteiger partial charge < -0.3 is 15.0 Å². The molecule has 3 aromatic heterocycles. The van der Waals surface area contributed by atoms with Gasteiger partial charge in [-0.1, -0.05) is 18.6 Å². The number of carboxylic acid groups (broad SMARTS) is 1. The quantitative estimate of drug-likeness (QED) is 0.310. The largest absolute Gasteiger partial charge is 0.475 e. The Balaban J connectivity index is 1.68. The summed E-state index contributed by atoms with van der Waals surface area (Å²) in [5.74, 6) is -0.736. The van der Waals surface area contributed by atoms with Crippen LogP contribution in [0, 0.1) is 12.8 Å². The van der Waals surface area contributed by atoms with Crippen LogP contribution in [0.4, 0.5) is 19.0 Å². The third kappa shape index (κ3) is 5.00. The number of aromatic carboxylic acids is 1. The van der Waals surface area contributed by atoms with Gasteiger partial charge in [0.15, 0.2) is 5.82 Å². The van der Waals surface area contributed by atoms with Crippen molar-refractivity contribution < 1.29 is 23.1 Å². The smallest absolute Gasteiger partial charge is 0.416 e. The molecule has 192 valence electrons. The molecule has 3 heterocycles. The van der Waals surface area contributed by atoms with Crippen molar-refractivity contribution in [3.63, 3.8) is 0 Å². The van der Waals surface area contributed by atoms with E-state index in [4.69, 9.17) is 0 Å². The Morgan fingerprint density at radius 1 is 1.16 bits per heavy atom. The number of nitrogens with one attached hydrogen (secondary N) is 1. The number of benzene rings is 1. The average molecular weight is 510 g/mol. The van der Waals surface area contributed by atoms with Gasteiger partial charge in [0.1, 0.15) is 5.52 Å². The number of hydrogen-bond donors (Lipinski definition) is 2. The van der Waals surface area contributed by atoms with Crippen molar-refractivity contribution in [1.29, 1.82) is 0 Å². The minimum Gasteiger partial charge on any atom is -0.475 e. The van der Waals surface area contributed by atoms with Crippen LogP contribution < -0.4 is 5.32 Å². The Morgan fingerprint density at radius 2 is 1.89 bits per heavy atom. The van der Waals surface area contributed by atoms with Crippen LogP contribution in [0.1, 0.15) is 53.5 Å². The topological polar surface area (TPSA) is 92.9 Å². The number of aryl methyl sites for hydroxylation is 1. The van der Waals surface area contributed by atoms with Crippen LogP contribution in [0.25, 0.3) is 22.4 Å². The van der Waals surface area contributed by atoms with Crippen molar-refractivity contribution in [3.8, 4) is 11.4 Å². The Labute approximate surface area is 211 Å². The van der Waals surface area contributed by atoms with Crippen LogP contribution in [0.5, 0.6) is 0 Å². The summed E-state index contributed by atoms with van der Waals surface area (Å²) in [4.78, 5) is 25.0. The molecule has 1 fully saturated rings. The maximum absolute atomic E-state index is 13.1. The van der Waals surface area contributed by atoms with Gasteiger partial charge in [-0.15, -0.1) is 0 Å². The summed E-state index contributed by atoms with van der Waals surface area (Å²) in [5, 5.41) is 13.1. The molecule has 0 aliphatic heterocycles. The molecular formula is C27H26F3N5O2. The van der Waals surface area contributed by atoms with Gasteiger partial charge in [-0.3, -0.25) is 4.98 Å². The van der Waals surface area contributed by atoms with Crippen LogP contribution in [-0.2, 0) is 12.7 Å². The lowest BCUT2D eigenvalue weighted by molar-refractivity contribution is -0.137. The first-order chi connectivity index (χ1) is 17.6. The van der Waals surface area contributed by atoms with Crippen LogP contribution >= 0.6 is 0 Å². The summed E-state index contributed by atoms with van der Waals surface area (Å²) in [6.45, 7) is 4.20. The number of carbonyl (C=O) groups is 1. The van der Waals surface area contributed by atoms with Crippen molar-refractivity contribution in [2.24, 2.45) is 5.92 Å². The van der Waals surface area contributed by atoms with Gasteiger partial charge in [0, 0.05) is 18.8 Å². The van der Waals surface area contributed by atoms with Crippen LogP contribution in [0.3, 0.4) is 0 Å². The molecule has 0 radical (unpaired) electrons. The minimum absolute atomic E-state index is 0.0588. The molecule has 1 unspecified atom stereocenters. The normalized spacial score (nSPS) is 14.9. The third-order valence-corrected chi connectivity index (χ3v) is 6.96. The second-order valence-corrected chi connectivity index (χ2v) is 9.59. The Kier molecular flexibility index (Phi) is 6.35. The van der Waals surface area contributed by atoms with Gasteiger partial charge in [0.05, 0.1) is 22.5 Å². The molecular weight excluding hydrogens is 483 g/mol. The molecule has 2 N–H and O–H groups in total. The Bertz CT molecular complexity index is 1460. The molecule has 7 nitrogen and oxygen atoms in total. The van der Waals surface area contributed by atoms with Crippen molar-refractivity contribution in [3.05, 3.63) is 71.2 Å². The monoisotopic (exact) mass is 509 g/mol. The van der Waals surface area contributed by atoms with E-state index in [2.05, 4.69) is 20.3 Å². The highest BCUT2D eigenvalue weighted by Crippen LogP contribution is 2.35. The van der Waals surface area contributed by atoms with E-state index in [1.807, 2.05) is 30.5 Å². The van der Waals surface area contributed by atoms with E-state index in [1.54, 1.807) is 12.3 Å². The molecule has 0 spiro atoms. The lowest BCUT2D eigenvalue weighted by atomic mass is 9.80. The second-order valence-electron chi connectivity index (χ2n) is 9.59. The van der Waals surface area contributed by atoms with E-state index in [1.165, 1.54) is 12.1 Å². The highest BCUT2D eigenvalue weighted by atomic mass is 19.4. The minimum atomic E-state index is -4.43. The lowest BCUT2D eigenvalue weighted by Crippen LogP contribution is -2.31. The summed E-state index contributed by atoms with van der Waals surface area (Å²) < 4.78 is 41.2. The van der Waals surface area contributed by atoms with Gasteiger partial charge in [0.25, 0.3) is 0 Å². The number of anilines is 1. The zero-order chi connectivity index (χ0) is 26.3. The fraction of sp³-hybridized carbons (Fsp3) is 0.333. The predicted octanol–water partition coefficient (Wildman–Crippen LogP) is 6.17. The number of alkyl halides is 3. The van der Waals surface area contributed by atoms with Crippen molar-refractivity contribution >= 4 is 22.8 Å². The number of nitrogens with zero attached hydrogens (tertiary/aromatic N) is 4. The van der Waals surface area contributed by atoms with Gasteiger partial charge in [-0.25, -0.2) is 14.8 Å². The van der Waals surface area contributed by atoms with Gasteiger partial charge in [0.2, 0.25) is 5.82 Å². The Morgan fingerprint density at radius 3 is 2.49 bits per heavy atom. The van der Waals surface area contributed by atoms with Crippen LogP contribution in [-0.4, -0.2) is 36.6 Å². The summed E-state index contributed by atoms with van der Waals surface area (Å²) in [6.07, 6.45) is 0.574. The third-order valence-electron chi connectivity index (χ3n) is 6.96. The number of halogens is 3. The number of hydrogen-bond acceptors (Lipinski definition) is 5. The standard InChI is InChI=1S/C27H26F3N5O2/c1-15-10-11-31-20(12-15)22-13-21-23(35(22)14-17-6-8-19(9-7-17)27(28,29)30)24(34-25(33-21)26(36)37)32-16(2)18-4-3-5-18/h6-13,16,18H,3-5,14H2,1-2H3,(H,36,37)(H,32,33,34). The zero-order valence-electron chi connectivity index (χ0n) is 20.4. The first-order valence-corrected chi connectivity index (χ1v) is 12.1. The van der Waals surface area contributed by atoms with Gasteiger partial charge in [-0.05, 0) is 74.1 Å². The molecule has 0 bridgehead atoms. The number of rotatable bonds is 7. The summed E-state index contributed by atoms with van der Waals surface area (Å²) in [7, 11) is 0. The molecule has 1 aromatic carbocycles.